The van der Waals surface area contributed by atoms with Crippen LogP contribution in [-0.2, 0) is 11.4 Å². The maximum Gasteiger partial charge on any atom is 0.266 e. The van der Waals surface area contributed by atoms with Crippen LogP contribution in [-0.4, -0.2) is 19.6 Å². The highest BCUT2D eigenvalue weighted by Gasteiger charge is 2.12. The van der Waals surface area contributed by atoms with Gasteiger partial charge < -0.3 is 19.5 Å². The lowest BCUT2D eigenvalue weighted by atomic mass is 10.1. The first-order valence-corrected chi connectivity index (χ1v) is 11.1. The van der Waals surface area contributed by atoms with E-state index < -0.39 is 5.91 Å². The van der Waals surface area contributed by atoms with Gasteiger partial charge in [0.05, 0.1) is 23.8 Å². The van der Waals surface area contributed by atoms with Crippen molar-refractivity contribution >= 4 is 40.9 Å². The minimum absolute atomic E-state index is 0.0522. The maximum absolute atomic E-state index is 12.6. The van der Waals surface area contributed by atoms with Gasteiger partial charge >= 0.3 is 0 Å². The molecule has 0 saturated carbocycles. The lowest BCUT2D eigenvalue weighted by molar-refractivity contribution is -0.112. The van der Waals surface area contributed by atoms with E-state index in [1.807, 2.05) is 13.0 Å². The van der Waals surface area contributed by atoms with Crippen molar-refractivity contribution < 1.29 is 19.0 Å². The van der Waals surface area contributed by atoms with Crippen molar-refractivity contribution in [2.45, 2.75) is 13.5 Å². The number of carbonyl (C=O) groups excluding carboxylic acids is 1. The Morgan fingerprint density at radius 2 is 1.82 bits per heavy atom. The van der Waals surface area contributed by atoms with Crippen molar-refractivity contribution in [3.05, 3.63) is 87.4 Å². The van der Waals surface area contributed by atoms with Gasteiger partial charge in [-0.1, -0.05) is 41.4 Å². The summed E-state index contributed by atoms with van der Waals surface area (Å²) in [6.45, 7) is 2.62. The van der Waals surface area contributed by atoms with Crippen LogP contribution in [0.4, 0.5) is 5.69 Å². The number of rotatable bonds is 9. The summed E-state index contributed by atoms with van der Waals surface area (Å²) in [7, 11) is 1.54. The number of halogens is 2. The summed E-state index contributed by atoms with van der Waals surface area (Å²) in [6.07, 6.45) is 1.49. The molecule has 1 amide bonds. The topological polar surface area (TPSA) is 80.6 Å². The number of amides is 1. The molecule has 0 aliphatic carbocycles. The number of ether oxygens (including phenoxy) is 3. The Balaban J connectivity index is 1.74. The molecule has 0 radical (unpaired) electrons. The summed E-state index contributed by atoms with van der Waals surface area (Å²) in [4.78, 5) is 12.6. The van der Waals surface area contributed by atoms with Gasteiger partial charge in [-0.15, -0.1) is 0 Å². The Morgan fingerprint density at radius 3 is 2.53 bits per heavy atom. The molecule has 0 heterocycles. The van der Waals surface area contributed by atoms with Gasteiger partial charge in [0.15, 0.2) is 0 Å². The van der Waals surface area contributed by atoms with Crippen molar-refractivity contribution in [3.63, 3.8) is 0 Å². The molecule has 174 valence electrons. The predicted octanol–water partition coefficient (Wildman–Crippen LogP) is 6.53. The molecule has 0 saturated heterocycles. The van der Waals surface area contributed by atoms with Crippen molar-refractivity contribution in [1.82, 2.24) is 0 Å². The first-order chi connectivity index (χ1) is 16.4. The molecule has 0 atom stereocenters. The van der Waals surface area contributed by atoms with Gasteiger partial charge in [-0.3, -0.25) is 4.79 Å². The molecule has 6 nitrogen and oxygen atoms in total. The minimum atomic E-state index is -0.526. The Hall–Kier alpha value is -3.66. The van der Waals surface area contributed by atoms with Crippen molar-refractivity contribution in [1.29, 1.82) is 5.26 Å². The zero-order chi connectivity index (χ0) is 24.5. The molecule has 0 fully saturated rings. The van der Waals surface area contributed by atoms with Gasteiger partial charge in [0, 0.05) is 23.4 Å². The number of methoxy groups -OCH3 is 1. The van der Waals surface area contributed by atoms with Crippen molar-refractivity contribution in [2.24, 2.45) is 0 Å². The van der Waals surface area contributed by atoms with Crippen LogP contribution in [0.2, 0.25) is 10.0 Å². The van der Waals surface area contributed by atoms with Gasteiger partial charge in [0.1, 0.15) is 35.5 Å². The number of hydrogen-bond donors (Lipinski definition) is 1. The zero-order valence-electron chi connectivity index (χ0n) is 18.6. The fourth-order valence-electron chi connectivity index (χ4n) is 3.04. The third-order valence-electron chi connectivity index (χ3n) is 4.68. The fraction of sp³-hybridized carbons (Fsp3) is 0.154. The fourth-order valence-corrected chi connectivity index (χ4v) is 3.33. The molecule has 0 spiro atoms. The van der Waals surface area contributed by atoms with Gasteiger partial charge in [-0.25, -0.2) is 0 Å². The second kappa shape index (κ2) is 12.0. The molecule has 3 aromatic rings. The van der Waals surface area contributed by atoms with E-state index in [9.17, 15) is 10.1 Å². The molecular weight excluding hydrogens is 475 g/mol. The van der Waals surface area contributed by atoms with E-state index in [0.717, 1.165) is 5.56 Å². The molecule has 0 aliphatic heterocycles. The number of nitrogens with zero attached hydrogens (tertiary/aromatic N) is 1. The number of nitrogens with one attached hydrogen (secondary N) is 1. The number of carbonyl (C=O) groups is 1. The molecule has 3 aromatic carbocycles. The standard InChI is InChI=1S/C26H22Cl2N2O4/c1-3-33-21-6-4-5-20(13-21)30-26(31)19(15-29)11-17-7-8-18(25(12-17)32-2)16-34-22-9-10-23(27)24(28)14-22/h4-14H,3,16H2,1-2H3,(H,30,31). The molecule has 0 aliphatic rings. The Morgan fingerprint density at radius 1 is 1.03 bits per heavy atom. The van der Waals surface area contributed by atoms with Crippen LogP contribution in [0.25, 0.3) is 6.08 Å². The van der Waals surface area contributed by atoms with E-state index in [-0.39, 0.29) is 12.2 Å². The smallest absolute Gasteiger partial charge is 0.266 e. The first-order valence-electron chi connectivity index (χ1n) is 10.3. The third kappa shape index (κ3) is 6.67. The van der Waals surface area contributed by atoms with E-state index in [1.54, 1.807) is 60.7 Å². The van der Waals surface area contributed by atoms with Crippen LogP contribution >= 0.6 is 23.2 Å². The van der Waals surface area contributed by atoms with Crippen LogP contribution in [0.1, 0.15) is 18.1 Å². The summed E-state index contributed by atoms with van der Waals surface area (Å²) in [5.41, 5.74) is 1.89. The lowest BCUT2D eigenvalue weighted by Crippen LogP contribution is -2.13. The first kappa shape index (κ1) is 25.0. The Kier molecular flexibility index (Phi) is 8.80. The van der Waals surface area contributed by atoms with Crippen molar-refractivity contribution in [3.8, 4) is 23.3 Å². The predicted molar refractivity (Wildman–Crippen MR) is 134 cm³/mol. The summed E-state index contributed by atoms with van der Waals surface area (Å²) in [5.74, 6) is 1.22. The molecular formula is C26H22Cl2N2O4. The molecule has 3 rings (SSSR count). The monoisotopic (exact) mass is 496 g/mol. The van der Waals surface area contributed by atoms with E-state index in [0.29, 0.717) is 45.2 Å². The lowest BCUT2D eigenvalue weighted by Gasteiger charge is -2.12. The molecule has 34 heavy (non-hydrogen) atoms. The Bertz CT molecular complexity index is 1250. The van der Waals surface area contributed by atoms with Crippen LogP contribution < -0.4 is 19.5 Å². The molecule has 1 N–H and O–H groups in total. The molecule has 8 heteroatoms. The van der Waals surface area contributed by atoms with Gasteiger partial charge in [0.2, 0.25) is 0 Å². The molecule has 0 bridgehead atoms. The number of anilines is 1. The highest BCUT2D eigenvalue weighted by molar-refractivity contribution is 6.42. The summed E-state index contributed by atoms with van der Waals surface area (Å²) in [5, 5.41) is 13.1. The quantitative estimate of drug-likeness (QED) is 0.269. The second-order valence-electron chi connectivity index (χ2n) is 7.02. The largest absolute Gasteiger partial charge is 0.496 e. The summed E-state index contributed by atoms with van der Waals surface area (Å²) < 4.78 is 16.7. The number of nitriles is 1. The van der Waals surface area contributed by atoms with Gasteiger partial charge in [-0.2, -0.15) is 5.26 Å². The molecule has 0 aromatic heterocycles. The highest BCUT2D eigenvalue weighted by Crippen LogP contribution is 2.28. The highest BCUT2D eigenvalue weighted by atomic mass is 35.5. The van der Waals surface area contributed by atoms with Crippen LogP contribution in [0.3, 0.4) is 0 Å². The average Bonchev–Trinajstić information content (AvgIpc) is 2.84. The normalized spacial score (nSPS) is 10.9. The van der Waals surface area contributed by atoms with E-state index in [1.165, 1.54) is 13.2 Å². The van der Waals surface area contributed by atoms with Crippen LogP contribution in [0, 0.1) is 11.3 Å². The average molecular weight is 497 g/mol. The third-order valence-corrected chi connectivity index (χ3v) is 5.41. The van der Waals surface area contributed by atoms with Gasteiger partial charge in [-0.05, 0) is 48.9 Å². The second-order valence-corrected chi connectivity index (χ2v) is 7.84. The van der Waals surface area contributed by atoms with Crippen molar-refractivity contribution in [2.75, 3.05) is 19.0 Å². The van der Waals surface area contributed by atoms with Crippen LogP contribution in [0.5, 0.6) is 17.2 Å². The number of benzene rings is 3. The molecule has 0 unspecified atom stereocenters. The van der Waals surface area contributed by atoms with E-state index in [4.69, 9.17) is 37.4 Å². The number of hydrogen-bond acceptors (Lipinski definition) is 5. The summed E-state index contributed by atoms with van der Waals surface area (Å²) in [6, 6.07) is 19.2. The Labute approximate surface area is 208 Å². The van der Waals surface area contributed by atoms with Crippen LogP contribution in [0.15, 0.2) is 66.2 Å². The van der Waals surface area contributed by atoms with E-state index in [2.05, 4.69) is 5.32 Å². The van der Waals surface area contributed by atoms with Gasteiger partial charge in [0.25, 0.3) is 5.91 Å². The SMILES string of the molecule is CCOc1cccc(NC(=O)C(C#N)=Cc2ccc(COc3ccc(Cl)c(Cl)c3)c(OC)c2)c1. The zero-order valence-corrected chi connectivity index (χ0v) is 20.1. The minimum Gasteiger partial charge on any atom is -0.496 e. The summed E-state index contributed by atoms with van der Waals surface area (Å²) >= 11 is 12.0. The maximum atomic E-state index is 12.6. The van der Waals surface area contributed by atoms with E-state index >= 15 is 0 Å².